The summed E-state index contributed by atoms with van der Waals surface area (Å²) in [5.41, 5.74) is 1.39. The minimum atomic E-state index is -1.26. The lowest BCUT2D eigenvalue weighted by Crippen LogP contribution is -2.47. The van der Waals surface area contributed by atoms with Crippen LogP contribution in [-0.4, -0.2) is 80.6 Å². The number of aryl methyl sites for hydroxylation is 1. The number of nitrogens with one attached hydrogen (secondary N) is 2. The van der Waals surface area contributed by atoms with Gasteiger partial charge in [0, 0.05) is 13.7 Å². The highest BCUT2D eigenvalue weighted by atomic mass is 19.1. The Bertz CT molecular complexity index is 1330. The summed E-state index contributed by atoms with van der Waals surface area (Å²) in [5, 5.41) is 16.0. The van der Waals surface area contributed by atoms with Gasteiger partial charge in [0.05, 0.1) is 18.9 Å². The summed E-state index contributed by atoms with van der Waals surface area (Å²) in [6.07, 6.45) is 2.47. The van der Waals surface area contributed by atoms with Crippen molar-refractivity contribution in [2.24, 2.45) is 5.92 Å². The second-order valence-corrected chi connectivity index (χ2v) is 12.1. The number of hydrogen-bond donors (Lipinski definition) is 3. The number of hydrogen-bond acceptors (Lipinski definition) is 10. The number of aliphatic hydroxyl groups is 1. The molecule has 3 atom stereocenters. The Labute approximate surface area is 278 Å². The largest absolute Gasteiger partial charge is 0.465 e. The van der Waals surface area contributed by atoms with Gasteiger partial charge in [-0.25, -0.2) is 23.9 Å². The third kappa shape index (κ3) is 11.9. The molecule has 2 unspecified atom stereocenters. The van der Waals surface area contributed by atoms with E-state index in [0.717, 1.165) is 11.3 Å². The highest BCUT2D eigenvalue weighted by Gasteiger charge is 2.34. The van der Waals surface area contributed by atoms with Gasteiger partial charge in [-0.15, -0.1) is 0 Å². The highest BCUT2D eigenvalue weighted by Crippen LogP contribution is 2.31. The van der Waals surface area contributed by atoms with E-state index in [1.54, 1.807) is 27.7 Å². The zero-order chi connectivity index (χ0) is 35.3. The van der Waals surface area contributed by atoms with Crippen LogP contribution in [0.25, 0.3) is 0 Å². The second-order valence-electron chi connectivity index (χ2n) is 12.1. The normalized spacial score (nSPS) is 15.9. The molecule has 13 nitrogen and oxygen atoms in total. The number of aliphatic hydroxyl groups excluding tert-OH is 1. The van der Waals surface area contributed by atoms with E-state index in [4.69, 9.17) is 14.2 Å². The second kappa shape index (κ2) is 18.3. The van der Waals surface area contributed by atoms with E-state index < -0.39 is 35.9 Å². The lowest BCUT2D eigenvalue weighted by Gasteiger charge is -2.32. The van der Waals surface area contributed by atoms with Crippen molar-refractivity contribution < 1.29 is 39.5 Å². The Morgan fingerprint density at radius 3 is 2.43 bits per heavy atom. The van der Waals surface area contributed by atoms with Gasteiger partial charge in [0.25, 0.3) is 11.8 Å². The standard InChI is InChI=1S/C27H35FN6O7.C4H10.C2H6.H2/c1-6-20(40-25(37)32-21-10-30-24-23(31-21)33-22(36)13-39-24)19(35)12-34(26(38)41-27(3,4)5)11-15-7-16-14(2)29-9-18(28)17(16)8-15;1-3-4-2;1-2;/h9-10,15,19-20,35H,6-8,11-13H2,1-5H3,(H2,31,32,33,36,37);3-4H2,1-2H3;1-2H3;1H/t15?,19-,20?;;;/m1.../s1. The van der Waals surface area contributed by atoms with E-state index in [0.29, 0.717) is 18.4 Å². The topological polar surface area (TPSA) is 165 Å². The summed E-state index contributed by atoms with van der Waals surface area (Å²) in [4.78, 5) is 50.8. The van der Waals surface area contributed by atoms with E-state index >= 15 is 0 Å². The quantitative estimate of drug-likeness (QED) is 0.287. The molecule has 3 heterocycles. The number of amides is 3. The number of carbonyl (C=O) groups excluding carboxylic acids is 3. The zero-order valence-electron chi connectivity index (χ0n) is 29.1. The molecule has 0 saturated heterocycles. The van der Waals surface area contributed by atoms with E-state index in [-0.39, 0.29) is 56.8 Å². The number of unbranched alkanes of at least 4 members (excludes halogenated alkanes) is 1. The molecule has 0 spiro atoms. The van der Waals surface area contributed by atoms with Gasteiger partial charge < -0.3 is 29.5 Å². The van der Waals surface area contributed by atoms with Gasteiger partial charge in [-0.3, -0.25) is 15.1 Å². The van der Waals surface area contributed by atoms with Crippen molar-refractivity contribution in [1.29, 1.82) is 0 Å². The van der Waals surface area contributed by atoms with Gasteiger partial charge in [-0.05, 0) is 64.0 Å². The first-order chi connectivity index (χ1) is 22.2. The maximum Gasteiger partial charge on any atom is 0.413 e. The fourth-order valence-corrected chi connectivity index (χ4v) is 4.78. The molecular formula is C33H53FN6O7. The summed E-state index contributed by atoms with van der Waals surface area (Å²) in [6, 6.07) is 0. The van der Waals surface area contributed by atoms with Crippen molar-refractivity contribution in [3.8, 4) is 5.88 Å². The zero-order valence-corrected chi connectivity index (χ0v) is 29.1. The van der Waals surface area contributed by atoms with E-state index in [2.05, 4.69) is 39.4 Å². The number of halogens is 1. The number of ether oxygens (including phenoxy) is 3. The first-order valence-corrected chi connectivity index (χ1v) is 16.3. The summed E-state index contributed by atoms with van der Waals surface area (Å²) in [7, 11) is 0. The smallest absolute Gasteiger partial charge is 0.413 e. The van der Waals surface area contributed by atoms with Crippen LogP contribution in [0.5, 0.6) is 5.88 Å². The Hall–Kier alpha value is -4.07. The Kier molecular flexibility index (Phi) is 15.2. The van der Waals surface area contributed by atoms with Gasteiger partial charge >= 0.3 is 12.2 Å². The number of pyridine rings is 1. The average molecular weight is 665 g/mol. The van der Waals surface area contributed by atoms with Gasteiger partial charge in [-0.1, -0.05) is 47.5 Å². The number of carbonyl (C=O) groups is 3. The lowest BCUT2D eigenvalue weighted by molar-refractivity contribution is -0.118. The SMILES string of the molecule is CC.CCC(OC(=O)Nc1cnc2c(n1)NC(=O)CO2)[C@H](O)CN(CC1Cc2c(F)cnc(C)c2C1)C(=O)OC(C)(C)C.CCCC.[HH]. The number of anilines is 2. The molecule has 0 fully saturated rings. The Morgan fingerprint density at radius 2 is 1.83 bits per heavy atom. The van der Waals surface area contributed by atoms with Crippen molar-refractivity contribution in [2.45, 2.75) is 112 Å². The molecule has 2 aromatic heterocycles. The van der Waals surface area contributed by atoms with Crippen LogP contribution in [0.3, 0.4) is 0 Å². The van der Waals surface area contributed by atoms with Crippen LogP contribution in [0.1, 0.15) is 92.9 Å². The van der Waals surface area contributed by atoms with Crippen LogP contribution < -0.4 is 15.4 Å². The van der Waals surface area contributed by atoms with Crippen LogP contribution in [-0.2, 0) is 27.1 Å². The van der Waals surface area contributed by atoms with Crippen LogP contribution in [0.15, 0.2) is 12.4 Å². The van der Waals surface area contributed by atoms with Crippen molar-refractivity contribution in [2.75, 3.05) is 30.3 Å². The van der Waals surface area contributed by atoms with E-state index in [1.807, 2.05) is 20.8 Å². The first-order valence-electron chi connectivity index (χ1n) is 16.3. The molecule has 0 saturated carbocycles. The molecule has 0 bridgehead atoms. The van der Waals surface area contributed by atoms with Crippen LogP contribution in [0.4, 0.5) is 25.6 Å². The number of rotatable bonds is 9. The molecule has 4 rings (SSSR count). The van der Waals surface area contributed by atoms with Crippen molar-refractivity contribution in [3.63, 3.8) is 0 Å². The van der Waals surface area contributed by atoms with Crippen LogP contribution in [0.2, 0.25) is 0 Å². The molecule has 3 N–H and O–H groups in total. The minimum absolute atomic E-state index is 0. The fourth-order valence-electron chi connectivity index (χ4n) is 4.78. The predicted molar refractivity (Wildman–Crippen MR) is 178 cm³/mol. The van der Waals surface area contributed by atoms with Crippen molar-refractivity contribution in [1.82, 2.24) is 19.9 Å². The molecule has 2 aromatic rings. The summed E-state index contributed by atoms with van der Waals surface area (Å²) in [5.74, 6) is -0.726. The molecule has 2 aliphatic rings. The third-order valence-corrected chi connectivity index (χ3v) is 7.14. The number of nitrogens with zero attached hydrogens (tertiary/aromatic N) is 4. The minimum Gasteiger partial charge on any atom is -0.465 e. The fraction of sp³-hybridized carbons (Fsp3) is 0.636. The first kappa shape index (κ1) is 39.1. The predicted octanol–water partition coefficient (Wildman–Crippen LogP) is 6.07. The van der Waals surface area contributed by atoms with Crippen molar-refractivity contribution in [3.05, 3.63) is 35.0 Å². The summed E-state index contributed by atoms with van der Waals surface area (Å²) in [6.45, 7) is 16.9. The van der Waals surface area contributed by atoms with Crippen LogP contribution in [0, 0.1) is 18.7 Å². The molecule has 0 aromatic carbocycles. The molecule has 1 aliphatic heterocycles. The van der Waals surface area contributed by atoms with E-state index in [1.165, 1.54) is 30.1 Å². The molecule has 14 heteroatoms. The Morgan fingerprint density at radius 1 is 1.17 bits per heavy atom. The van der Waals surface area contributed by atoms with E-state index in [9.17, 15) is 23.9 Å². The number of aromatic nitrogens is 3. The van der Waals surface area contributed by atoms with Gasteiger partial charge in [0.15, 0.2) is 18.2 Å². The monoisotopic (exact) mass is 664 g/mol. The summed E-state index contributed by atoms with van der Waals surface area (Å²) >= 11 is 0. The maximum absolute atomic E-state index is 14.4. The van der Waals surface area contributed by atoms with Crippen molar-refractivity contribution >= 4 is 29.7 Å². The van der Waals surface area contributed by atoms with Gasteiger partial charge in [0.2, 0.25) is 0 Å². The molecule has 47 heavy (non-hydrogen) atoms. The molecule has 1 aliphatic carbocycles. The molecule has 264 valence electrons. The van der Waals surface area contributed by atoms with Gasteiger partial charge in [0.1, 0.15) is 23.6 Å². The maximum atomic E-state index is 14.4. The molecular weight excluding hydrogens is 611 g/mol. The van der Waals surface area contributed by atoms with Gasteiger partial charge in [-0.2, -0.15) is 0 Å². The Balaban J connectivity index is 0.00000153. The summed E-state index contributed by atoms with van der Waals surface area (Å²) < 4.78 is 30.6. The van der Waals surface area contributed by atoms with Crippen LogP contribution >= 0.6 is 0 Å². The third-order valence-electron chi connectivity index (χ3n) is 7.14. The average Bonchev–Trinajstić information content (AvgIpc) is 3.46. The molecule has 3 amide bonds. The highest BCUT2D eigenvalue weighted by molar-refractivity contribution is 5.94. The number of fused-ring (bicyclic) bond motifs is 2. The molecule has 0 radical (unpaired) electrons. The lowest BCUT2D eigenvalue weighted by atomic mass is 10.0.